The monoisotopic (exact) mass is 413 g/mol. The van der Waals surface area contributed by atoms with Gasteiger partial charge in [-0.05, 0) is 48.4 Å². The maximum absolute atomic E-state index is 12.1. The molecule has 1 aromatic heterocycles. The van der Waals surface area contributed by atoms with Crippen LogP contribution in [0.1, 0.15) is 5.56 Å². The Bertz CT molecular complexity index is 1220. The van der Waals surface area contributed by atoms with Gasteiger partial charge in [-0.15, -0.1) is 0 Å². The molecule has 1 heterocycles. The van der Waals surface area contributed by atoms with Gasteiger partial charge in [-0.25, -0.2) is 8.42 Å². The molecule has 3 rings (SSSR count). The molecule has 150 valence electrons. The number of ketones is 2. The molecule has 7 nitrogen and oxygen atoms in total. The van der Waals surface area contributed by atoms with Gasteiger partial charge in [-0.3, -0.25) is 14.4 Å². The van der Waals surface area contributed by atoms with Gasteiger partial charge < -0.3 is 9.30 Å². The molecule has 1 aliphatic rings. The molecule has 0 bridgehead atoms. The second-order valence-electron chi connectivity index (χ2n) is 6.83. The molecule has 8 heteroatoms. The lowest BCUT2D eigenvalue weighted by molar-refractivity contribution is -0.131. The van der Waals surface area contributed by atoms with Crippen LogP contribution in [0.4, 0.5) is 0 Å². The van der Waals surface area contributed by atoms with Crippen LogP contribution < -0.4 is 10.3 Å². The maximum Gasteiger partial charge on any atom is 0.253 e. The molecule has 0 saturated heterocycles. The van der Waals surface area contributed by atoms with Crippen molar-refractivity contribution >= 4 is 21.4 Å². The minimum Gasteiger partial charge on any atom is -0.489 e. The first-order valence-electron chi connectivity index (χ1n) is 8.68. The molecule has 1 aliphatic carbocycles. The Hall–Kier alpha value is -3.26. The van der Waals surface area contributed by atoms with Crippen LogP contribution in [-0.4, -0.2) is 37.4 Å². The van der Waals surface area contributed by atoms with Crippen LogP contribution in [0.25, 0.3) is 11.1 Å². The zero-order valence-corrected chi connectivity index (χ0v) is 16.9. The third kappa shape index (κ3) is 4.43. The van der Waals surface area contributed by atoms with E-state index in [9.17, 15) is 22.8 Å². The molecule has 2 aromatic rings. The largest absolute Gasteiger partial charge is 0.489 e. The average Bonchev–Trinajstić information content (AvgIpc) is 2.66. The second-order valence-corrected chi connectivity index (χ2v) is 8.84. The average molecular weight is 413 g/mol. The number of carbonyl (C=O) groups is 2. The number of hydrogen-bond donors (Lipinski definition) is 0. The number of rotatable bonds is 5. The van der Waals surface area contributed by atoms with Gasteiger partial charge in [0.25, 0.3) is 5.56 Å². The third-order valence-corrected chi connectivity index (χ3v) is 5.55. The standard InChI is InChI=1S/C21H19NO6S/c1-13-7-16(11-22(2)21(13)25)15-8-17(10-18(9-15)29(3,26)27)28-12-14-5-4-6-19(23)20(14)24/h4-11H,12H2,1-3H3. The number of aryl methyl sites for hydroxylation is 2. The summed E-state index contributed by atoms with van der Waals surface area (Å²) in [5, 5.41) is 0. The van der Waals surface area contributed by atoms with Crippen molar-refractivity contribution in [1.82, 2.24) is 4.57 Å². The first kappa shape index (κ1) is 20.5. The summed E-state index contributed by atoms with van der Waals surface area (Å²) in [5.74, 6) is -1.05. The fraction of sp³-hybridized carbons (Fsp3) is 0.190. The van der Waals surface area contributed by atoms with Gasteiger partial charge in [-0.2, -0.15) is 0 Å². The molecular formula is C21H19NO6S. The van der Waals surface area contributed by atoms with E-state index in [2.05, 4.69) is 0 Å². The van der Waals surface area contributed by atoms with Crippen LogP contribution in [0.3, 0.4) is 0 Å². The van der Waals surface area contributed by atoms with Crippen LogP contribution in [-0.2, 0) is 26.5 Å². The number of aromatic nitrogens is 1. The van der Waals surface area contributed by atoms with Crippen molar-refractivity contribution < 1.29 is 22.7 Å². The summed E-state index contributed by atoms with van der Waals surface area (Å²) in [7, 11) is -1.93. The summed E-state index contributed by atoms with van der Waals surface area (Å²) in [5.41, 5.74) is 1.74. The van der Waals surface area contributed by atoms with Crippen LogP contribution in [0, 0.1) is 6.92 Å². The van der Waals surface area contributed by atoms with Crippen molar-refractivity contribution in [3.05, 3.63) is 70.2 Å². The van der Waals surface area contributed by atoms with E-state index in [1.807, 2.05) is 0 Å². The SMILES string of the molecule is Cc1cc(-c2cc(OCC3=CC=CC(=O)C3=O)cc(S(C)(=O)=O)c2)cn(C)c1=O. The molecule has 0 aliphatic heterocycles. The highest BCUT2D eigenvalue weighted by Gasteiger charge is 2.20. The van der Waals surface area contributed by atoms with Gasteiger partial charge in [0, 0.05) is 30.6 Å². The van der Waals surface area contributed by atoms with Gasteiger partial charge in [0.05, 0.1) is 4.90 Å². The Kier molecular flexibility index (Phi) is 5.39. The number of benzene rings is 1. The quantitative estimate of drug-likeness (QED) is 0.547. The number of allylic oxidation sites excluding steroid dienone is 3. The zero-order valence-electron chi connectivity index (χ0n) is 16.1. The molecule has 29 heavy (non-hydrogen) atoms. The molecule has 0 radical (unpaired) electrons. The Morgan fingerprint density at radius 2 is 1.76 bits per heavy atom. The molecule has 0 unspecified atom stereocenters. The summed E-state index contributed by atoms with van der Waals surface area (Å²) >= 11 is 0. The summed E-state index contributed by atoms with van der Waals surface area (Å²) in [6.45, 7) is 1.50. The number of nitrogens with zero attached hydrogens (tertiary/aromatic N) is 1. The van der Waals surface area contributed by atoms with Gasteiger partial charge in [0.1, 0.15) is 12.4 Å². The number of carbonyl (C=O) groups excluding carboxylic acids is 2. The second kappa shape index (κ2) is 7.63. The van der Waals surface area contributed by atoms with Crippen LogP contribution in [0.15, 0.2) is 64.0 Å². The van der Waals surface area contributed by atoms with Crippen LogP contribution in [0.5, 0.6) is 5.75 Å². The zero-order chi connectivity index (χ0) is 21.3. The Morgan fingerprint density at radius 1 is 1.03 bits per heavy atom. The van der Waals surface area contributed by atoms with E-state index < -0.39 is 21.4 Å². The number of hydrogen-bond acceptors (Lipinski definition) is 6. The molecule has 1 aromatic carbocycles. The Morgan fingerprint density at radius 3 is 2.41 bits per heavy atom. The predicted molar refractivity (Wildman–Crippen MR) is 108 cm³/mol. The van der Waals surface area contributed by atoms with Crippen molar-refractivity contribution in [2.75, 3.05) is 12.9 Å². The minimum atomic E-state index is -3.54. The van der Waals surface area contributed by atoms with E-state index >= 15 is 0 Å². The number of sulfone groups is 1. The minimum absolute atomic E-state index is 0.0384. The fourth-order valence-corrected chi connectivity index (χ4v) is 3.58. The van der Waals surface area contributed by atoms with Gasteiger partial charge in [-0.1, -0.05) is 12.2 Å². The van der Waals surface area contributed by atoms with E-state index in [0.717, 1.165) is 6.26 Å². The first-order valence-corrected chi connectivity index (χ1v) is 10.6. The van der Waals surface area contributed by atoms with Crippen molar-refractivity contribution in [2.45, 2.75) is 11.8 Å². The van der Waals surface area contributed by atoms with E-state index in [1.54, 1.807) is 32.3 Å². The Labute approximate surface area is 167 Å². The van der Waals surface area contributed by atoms with Gasteiger partial charge >= 0.3 is 0 Å². The van der Waals surface area contributed by atoms with Crippen molar-refractivity contribution in [3.63, 3.8) is 0 Å². The summed E-state index contributed by atoms with van der Waals surface area (Å²) in [4.78, 5) is 35.4. The summed E-state index contributed by atoms with van der Waals surface area (Å²) in [6.07, 6.45) is 6.82. The number of ether oxygens (including phenoxy) is 1. The molecule has 0 fully saturated rings. The summed E-state index contributed by atoms with van der Waals surface area (Å²) < 4.78 is 31.3. The fourth-order valence-electron chi connectivity index (χ4n) is 2.91. The lowest BCUT2D eigenvalue weighted by atomic mass is 10.0. The van der Waals surface area contributed by atoms with Crippen molar-refractivity contribution in [2.24, 2.45) is 7.05 Å². The smallest absolute Gasteiger partial charge is 0.253 e. The van der Waals surface area contributed by atoms with E-state index in [-0.39, 0.29) is 28.4 Å². The van der Waals surface area contributed by atoms with Crippen molar-refractivity contribution in [1.29, 1.82) is 0 Å². The summed E-state index contributed by atoms with van der Waals surface area (Å²) in [6, 6.07) is 6.15. The molecule has 0 spiro atoms. The highest BCUT2D eigenvalue weighted by atomic mass is 32.2. The lowest BCUT2D eigenvalue weighted by Crippen LogP contribution is -2.20. The lowest BCUT2D eigenvalue weighted by Gasteiger charge is -2.13. The highest BCUT2D eigenvalue weighted by Crippen LogP contribution is 2.29. The third-order valence-electron chi connectivity index (χ3n) is 4.46. The Balaban J connectivity index is 2.02. The first-order chi connectivity index (χ1) is 13.6. The van der Waals surface area contributed by atoms with Gasteiger partial charge in [0.15, 0.2) is 9.84 Å². The number of pyridine rings is 1. The number of Topliss-reactive ketones (excluding diaryl/α,β-unsaturated/α-hetero) is 1. The molecule has 0 N–H and O–H groups in total. The normalized spacial score (nSPS) is 14.1. The van der Waals surface area contributed by atoms with Gasteiger partial charge in [0.2, 0.25) is 11.6 Å². The molecule has 0 saturated carbocycles. The van der Waals surface area contributed by atoms with E-state index in [1.165, 1.54) is 34.9 Å². The van der Waals surface area contributed by atoms with E-state index in [4.69, 9.17) is 4.74 Å². The van der Waals surface area contributed by atoms with E-state index in [0.29, 0.717) is 16.7 Å². The van der Waals surface area contributed by atoms with Crippen molar-refractivity contribution in [3.8, 4) is 16.9 Å². The van der Waals surface area contributed by atoms with Crippen LogP contribution in [0.2, 0.25) is 0 Å². The molecular weight excluding hydrogens is 394 g/mol. The predicted octanol–water partition coefficient (Wildman–Crippen LogP) is 1.78. The molecule has 0 atom stereocenters. The van der Waals surface area contributed by atoms with Crippen LogP contribution >= 0.6 is 0 Å². The maximum atomic E-state index is 12.1. The highest BCUT2D eigenvalue weighted by molar-refractivity contribution is 7.90. The molecule has 0 amide bonds. The topological polar surface area (TPSA) is 99.5 Å².